The average Bonchev–Trinajstić information content (AvgIpc) is 2.76. The SMILES string of the molecule is CCCCC(CC)NCCc1ccsc1. The Kier molecular flexibility index (Phi) is 6.69. The number of rotatable bonds is 8. The Hall–Kier alpha value is -0.340. The van der Waals surface area contributed by atoms with Crippen molar-refractivity contribution < 1.29 is 0 Å². The normalized spacial score (nSPS) is 12.9. The fraction of sp³-hybridized carbons (Fsp3) is 0.692. The maximum absolute atomic E-state index is 3.65. The van der Waals surface area contributed by atoms with Crippen LogP contribution in [-0.4, -0.2) is 12.6 Å². The second-order valence-corrected chi connectivity index (χ2v) is 4.86. The van der Waals surface area contributed by atoms with Crippen LogP contribution >= 0.6 is 11.3 Å². The molecule has 0 bridgehead atoms. The van der Waals surface area contributed by atoms with Gasteiger partial charge < -0.3 is 5.32 Å². The highest BCUT2D eigenvalue weighted by Crippen LogP contribution is 2.07. The third-order valence-corrected chi connectivity index (χ3v) is 3.56. The van der Waals surface area contributed by atoms with Crippen LogP contribution in [0.2, 0.25) is 0 Å². The van der Waals surface area contributed by atoms with Gasteiger partial charge in [-0.05, 0) is 48.2 Å². The molecule has 1 nitrogen and oxygen atoms in total. The van der Waals surface area contributed by atoms with Gasteiger partial charge in [0.25, 0.3) is 0 Å². The fourth-order valence-corrected chi connectivity index (χ4v) is 2.46. The molecule has 0 saturated carbocycles. The number of hydrogen-bond acceptors (Lipinski definition) is 2. The Morgan fingerprint density at radius 2 is 2.27 bits per heavy atom. The zero-order chi connectivity index (χ0) is 10.9. The molecule has 0 aliphatic carbocycles. The van der Waals surface area contributed by atoms with Gasteiger partial charge >= 0.3 is 0 Å². The van der Waals surface area contributed by atoms with E-state index in [0.717, 1.165) is 12.6 Å². The lowest BCUT2D eigenvalue weighted by Gasteiger charge is -2.16. The number of thiophene rings is 1. The van der Waals surface area contributed by atoms with Gasteiger partial charge in [0.2, 0.25) is 0 Å². The van der Waals surface area contributed by atoms with Crippen LogP contribution in [0.15, 0.2) is 16.8 Å². The second kappa shape index (κ2) is 7.89. The Labute approximate surface area is 97.9 Å². The molecule has 0 fully saturated rings. The molecule has 15 heavy (non-hydrogen) atoms. The Morgan fingerprint density at radius 3 is 2.87 bits per heavy atom. The van der Waals surface area contributed by atoms with Crippen molar-refractivity contribution in [2.75, 3.05) is 6.54 Å². The minimum absolute atomic E-state index is 0.726. The van der Waals surface area contributed by atoms with Crippen molar-refractivity contribution in [3.63, 3.8) is 0 Å². The molecule has 86 valence electrons. The van der Waals surface area contributed by atoms with Crippen LogP contribution in [0.1, 0.15) is 45.1 Å². The molecule has 0 spiro atoms. The molecule has 0 aromatic carbocycles. The van der Waals surface area contributed by atoms with Crippen LogP contribution in [-0.2, 0) is 6.42 Å². The van der Waals surface area contributed by atoms with Crippen LogP contribution in [0.3, 0.4) is 0 Å². The molecule has 0 aliphatic rings. The van der Waals surface area contributed by atoms with Gasteiger partial charge in [0.15, 0.2) is 0 Å². The molecular weight excluding hydrogens is 202 g/mol. The first-order chi connectivity index (χ1) is 7.36. The summed E-state index contributed by atoms with van der Waals surface area (Å²) in [5, 5.41) is 8.05. The molecule has 1 atom stereocenters. The summed E-state index contributed by atoms with van der Waals surface area (Å²) in [4.78, 5) is 0. The van der Waals surface area contributed by atoms with Gasteiger partial charge in [-0.3, -0.25) is 0 Å². The smallest absolute Gasteiger partial charge is 0.00645 e. The van der Waals surface area contributed by atoms with E-state index in [0.29, 0.717) is 0 Å². The minimum atomic E-state index is 0.726. The molecule has 1 unspecified atom stereocenters. The zero-order valence-electron chi connectivity index (χ0n) is 9.96. The van der Waals surface area contributed by atoms with Gasteiger partial charge in [0.1, 0.15) is 0 Å². The lowest BCUT2D eigenvalue weighted by Crippen LogP contribution is -2.30. The van der Waals surface area contributed by atoms with E-state index in [4.69, 9.17) is 0 Å². The van der Waals surface area contributed by atoms with E-state index in [2.05, 4.69) is 36.0 Å². The summed E-state index contributed by atoms with van der Waals surface area (Å²) in [6.07, 6.45) is 6.42. The summed E-state index contributed by atoms with van der Waals surface area (Å²) >= 11 is 1.79. The van der Waals surface area contributed by atoms with Gasteiger partial charge in [-0.1, -0.05) is 26.7 Å². The summed E-state index contributed by atoms with van der Waals surface area (Å²) in [6.45, 7) is 5.66. The van der Waals surface area contributed by atoms with E-state index in [9.17, 15) is 0 Å². The third kappa shape index (κ3) is 5.33. The summed E-state index contributed by atoms with van der Waals surface area (Å²) < 4.78 is 0. The lowest BCUT2D eigenvalue weighted by molar-refractivity contribution is 0.456. The largest absolute Gasteiger partial charge is 0.314 e. The predicted molar refractivity (Wildman–Crippen MR) is 69.6 cm³/mol. The topological polar surface area (TPSA) is 12.0 Å². The van der Waals surface area contributed by atoms with Crippen LogP contribution in [0.25, 0.3) is 0 Å². The quantitative estimate of drug-likeness (QED) is 0.708. The van der Waals surface area contributed by atoms with Crippen LogP contribution in [0, 0.1) is 0 Å². The molecule has 0 aliphatic heterocycles. The van der Waals surface area contributed by atoms with Crippen molar-refractivity contribution in [1.82, 2.24) is 5.32 Å². The van der Waals surface area contributed by atoms with Gasteiger partial charge in [-0.15, -0.1) is 0 Å². The Morgan fingerprint density at radius 1 is 1.40 bits per heavy atom. The molecule has 1 aromatic rings. The molecule has 0 saturated heterocycles. The summed E-state index contributed by atoms with van der Waals surface area (Å²) in [5.74, 6) is 0. The van der Waals surface area contributed by atoms with E-state index in [1.807, 2.05) is 0 Å². The average molecular weight is 225 g/mol. The Balaban J connectivity index is 2.11. The maximum atomic E-state index is 3.65. The van der Waals surface area contributed by atoms with Crippen molar-refractivity contribution in [2.24, 2.45) is 0 Å². The van der Waals surface area contributed by atoms with Gasteiger partial charge in [-0.2, -0.15) is 11.3 Å². The molecule has 2 heteroatoms. The van der Waals surface area contributed by atoms with E-state index in [1.54, 1.807) is 11.3 Å². The molecule has 1 rings (SSSR count). The number of hydrogen-bond donors (Lipinski definition) is 1. The summed E-state index contributed by atoms with van der Waals surface area (Å²) in [5.41, 5.74) is 1.47. The highest BCUT2D eigenvalue weighted by molar-refractivity contribution is 7.07. The Bertz CT molecular complexity index is 231. The van der Waals surface area contributed by atoms with Crippen molar-refractivity contribution in [3.05, 3.63) is 22.4 Å². The predicted octanol–water partition coefficient (Wildman–Crippen LogP) is 3.85. The zero-order valence-corrected chi connectivity index (χ0v) is 10.8. The molecule has 1 heterocycles. The number of unbranched alkanes of at least 4 members (excludes halogenated alkanes) is 1. The van der Waals surface area contributed by atoms with E-state index >= 15 is 0 Å². The van der Waals surface area contributed by atoms with Crippen LogP contribution in [0.5, 0.6) is 0 Å². The van der Waals surface area contributed by atoms with Crippen molar-refractivity contribution in [3.8, 4) is 0 Å². The number of nitrogens with one attached hydrogen (secondary N) is 1. The van der Waals surface area contributed by atoms with E-state index in [-0.39, 0.29) is 0 Å². The molecular formula is C13H23NS. The second-order valence-electron chi connectivity index (χ2n) is 4.08. The lowest BCUT2D eigenvalue weighted by atomic mass is 10.1. The fourth-order valence-electron chi connectivity index (χ4n) is 1.76. The first-order valence-corrected chi connectivity index (χ1v) is 7.05. The molecule has 0 amide bonds. The van der Waals surface area contributed by atoms with E-state index < -0.39 is 0 Å². The molecule has 1 N–H and O–H groups in total. The first-order valence-electron chi connectivity index (χ1n) is 6.11. The van der Waals surface area contributed by atoms with Gasteiger partial charge in [0.05, 0.1) is 0 Å². The highest BCUT2D eigenvalue weighted by Gasteiger charge is 2.03. The summed E-state index contributed by atoms with van der Waals surface area (Å²) in [7, 11) is 0. The van der Waals surface area contributed by atoms with Crippen molar-refractivity contribution >= 4 is 11.3 Å². The van der Waals surface area contributed by atoms with Gasteiger partial charge in [0, 0.05) is 6.04 Å². The van der Waals surface area contributed by atoms with Gasteiger partial charge in [-0.25, -0.2) is 0 Å². The maximum Gasteiger partial charge on any atom is 0.00645 e. The monoisotopic (exact) mass is 225 g/mol. The van der Waals surface area contributed by atoms with Crippen LogP contribution < -0.4 is 5.32 Å². The molecule has 1 aromatic heterocycles. The van der Waals surface area contributed by atoms with E-state index in [1.165, 1.54) is 37.7 Å². The minimum Gasteiger partial charge on any atom is -0.314 e. The standard InChI is InChI=1S/C13H23NS/c1-3-5-6-13(4-2)14-9-7-12-8-10-15-11-12/h8,10-11,13-14H,3-7,9H2,1-2H3. The molecule has 0 radical (unpaired) electrons. The summed E-state index contributed by atoms with van der Waals surface area (Å²) in [6, 6.07) is 2.95. The van der Waals surface area contributed by atoms with Crippen LogP contribution in [0.4, 0.5) is 0 Å². The first kappa shape index (κ1) is 12.7. The third-order valence-electron chi connectivity index (χ3n) is 2.83. The van der Waals surface area contributed by atoms with Crippen molar-refractivity contribution in [2.45, 2.75) is 52.0 Å². The highest BCUT2D eigenvalue weighted by atomic mass is 32.1. The van der Waals surface area contributed by atoms with Crippen molar-refractivity contribution in [1.29, 1.82) is 0 Å².